The minimum Gasteiger partial charge on any atom is -0.314 e. The summed E-state index contributed by atoms with van der Waals surface area (Å²) in [4.78, 5) is 2.23. The zero-order valence-electron chi connectivity index (χ0n) is 11.4. The zero-order valence-corrected chi connectivity index (χ0v) is 12.2. The number of rotatable bonds is 3. The fraction of sp³-hybridized carbons (Fsp3) is 0.571. The van der Waals surface area contributed by atoms with Gasteiger partial charge in [-0.2, -0.15) is 0 Å². The fourth-order valence-corrected chi connectivity index (χ4v) is 2.59. The van der Waals surface area contributed by atoms with Crippen LogP contribution < -0.4 is 5.32 Å². The number of aryl methyl sites for hydroxylation is 1. The first-order chi connectivity index (χ1) is 8.65. The molecule has 1 aliphatic rings. The highest BCUT2D eigenvalue weighted by Gasteiger charge is 2.24. The van der Waals surface area contributed by atoms with Crippen LogP contribution in [0.5, 0.6) is 0 Å². The Morgan fingerprint density at radius 3 is 2.42 bits per heavy atom. The number of halogens is 3. The van der Waals surface area contributed by atoms with Gasteiger partial charge in [-0.3, -0.25) is 4.90 Å². The smallest absolute Gasteiger partial charge is 0.163 e. The lowest BCUT2D eigenvalue weighted by atomic mass is 9.99. The minimum atomic E-state index is -0.707. The van der Waals surface area contributed by atoms with Gasteiger partial charge in [0.2, 0.25) is 0 Å². The maximum atomic E-state index is 14.0. The topological polar surface area (TPSA) is 15.3 Å². The Bertz CT molecular complexity index is 420. The molecule has 19 heavy (non-hydrogen) atoms. The van der Waals surface area contributed by atoms with E-state index in [9.17, 15) is 8.78 Å². The van der Waals surface area contributed by atoms with Gasteiger partial charge in [0.25, 0.3) is 0 Å². The Morgan fingerprint density at radius 2 is 1.84 bits per heavy atom. The van der Waals surface area contributed by atoms with Gasteiger partial charge < -0.3 is 5.32 Å². The Hall–Kier alpha value is -0.710. The normalized spacial score (nSPS) is 17.9. The van der Waals surface area contributed by atoms with Crippen LogP contribution in [0, 0.1) is 18.6 Å². The molecule has 1 atom stereocenters. The van der Waals surface area contributed by atoms with Gasteiger partial charge in [-0.25, -0.2) is 8.78 Å². The van der Waals surface area contributed by atoms with Crippen LogP contribution in [0.25, 0.3) is 0 Å². The number of hydrogen-bond donors (Lipinski definition) is 1. The summed E-state index contributed by atoms with van der Waals surface area (Å²) < 4.78 is 27.7. The van der Waals surface area contributed by atoms with Crippen LogP contribution in [-0.2, 0) is 0 Å². The molecule has 5 heteroatoms. The molecule has 2 nitrogen and oxygen atoms in total. The van der Waals surface area contributed by atoms with Crippen LogP contribution in [-0.4, -0.2) is 31.1 Å². The number of benzene rings is 1. The molecule has 1 saturated heterocycles. The molecule has 1 N–H and O–H groups in total. The Labute approximate surface area is 119 Å². The quantitative estimate of drug-likeness (QED) is 0.920. The average Bonchev–Trinajstić information content (AvgIpc) is 2.41. The van der Waals surface area contributed by atoms with Gasteiger partial charge >= 0.3 is 0 Å². The maximum Gasteiger partial charge on any atom is 0.163 e. The molecule has 108 valence electrons. The highest BCUT2D eigenvalue weighted by atomic mass is 35.5. The zero-order chi connectivity index (χ0) is 13.1. The van der Waals surface area contributed by atoms with Gasteiger partial charge in [-0.05, 0) is 18.9 Å². The van der Waals surface area contributed by atoms with Crippen molar-refractivity contribution in [2.24, 2.45) is 0 Å². The Morgan fingerprint density at radius 1 is 1.21 bits per heavy atom. The lowest BCUT2D eigenvalue weighted by molar-refractivity contribution is 0.165. The molecule has 0 aliphatic carbocycles. The van der Waals surface area contributed by atoms with E-state index in [0.717, 1.165) is 32.6 Å². The molecule has 1 aromatic rings. The van der Waals surface area contributed by atoms with Crippen molar-refractivity contribution in [3.8, 4) is 0 Å². The van der Waals surface area contributed by atoms with Crippen molar-refractivity contribution in [3.05, 3.63) is 34.9 Å². The van der Waals surface area contributed by atoms with Crippen molar-refractivity contribution in [1.29, 1.82) is 0 Å². The Balaban J connectivity index is 0.00000180. The fourth-order valence-electron chi connectivity index (χ4n) is 2.59. The second-order valence-electron chi connectivity index (χ2n) is 4.81. The summed E-state index contributed by atoms with van der Waals surface area (Å²) >= 11 is 0. The van der Waals surface area contributed by atoms with Crippen LogP contribution in [0.15, 0.2) is 12.1 Å². The van der Waals surface area contributed by atoms with E-state index < -0.39 is 11.6 Å². The molecule has 0 spiro atoms. The largest absolute Gasteiger partial charge is 0.314 e. The first-order valence-corrected chi connectivity index (χ1v) is 6.54. The molecule has 1 fully saturated rings. The van der Waals surface area contributed by atoms with E-state index in [1.165, 1.54) is 0 Å². The van der Waals surface area contributed by atoms with Crippen molar-refractivity contribution >= 4 is 12.4 Å². The third kappa shape index (κ3) is 3.44. The predicted octanol–water partition coefficient (Wildman–Crippen LogP) is 3.05. The standard InChI is InChI=1S/C14H20F2N2.ClH/c1-3-12(18-8-6-17-7-9-18)11-5-4-10(2)13(15)14(11)16;/h4-5,12,17H,3,6-9H2,1-2H3;1H/t12-;/m0./s1. The molecule has 1 aliphatic heterocycles. The second-order valence-corrected chi connectivity index (χ2v) is 4.81. The van der Waals surface area contributed by atoms with E-state index in [1.54, 1.807) is 19.1 Å². The first kappa shape index (κ1) is 16.3. The van der Waals surface area contributed by atoms with Crippen molar-refractivity contribution in [2.45, 2.75) is 26.3 Å². The average molecular weight is 291 g/mol. The van der Waals surface area contributed by atoms with Crippen LogP contribution >= 0.6 is 12.4 Å². The van der Waals surface area contributed by atoms with E-state index in [2.05, 4.69) is 10.2 Å². The summed E-state index contributed by atoms with van der Waals surface area (Å²) in [5.74, 6) is -1.39. The molecule has 0 unspecified atom stereocenters. The summed E-state index contributed by atoms with van der Waals surface area (Å²) in [7, 11) is 0. The summed E-state index contributed by atoms with van der Waals surface area (Å²) in [5.41, 5.74) is 0.855. The number of nitrogens with one attached hydrogen (secondary N) is 1. The molecule has 1 aromatic carbocycles. The molecule has 0 radical (unpaired) electrons. The van der Waals surface area contributed by atoms with Gasteiger partial charge in [-0.15, -0.1) is 12.4 Å². The monoisotopic (exact) mass is 290 g/mol. The van der Waals surface area contributed by atoms with E-state index in [4.69, 9.17) is 0 Å². The summed E-state index contributed by atoms with van der Waals surface area (Å²) in [6.07, 6.45) is 0.791. The summed E-state index contributed by atoms with van der Waals surface area (Å²) in [6, 6.07) is 3.37. The van der Waals surface area contributed by atoms with E-state index in [0.29, 0.717) is 11.1 Å². The van der Waals surface area contributed by atoms with Gasteiger partial charge in [-0.1, -0.05) is 19.1 Å². The molecule has 2 rings (SSSR count). The van der Waals surface area contributed by atoms with Gasteiger partial charge in [0.1, 0.15) is 0 Å². The predicted molar refractivity (Wildman–Crippen MR) is 75.8 cm³/mol. The van der Waals surface area contributed by atoms with Crippen molar-refractivity contribution in [3.63, 3.8) is 0 Å². The van der Waals surface area contributed by atoms with Gasteiger partial charge in [0, 0.05) is 37.8 Å². The lowest BCUT2D eigenvalue weighted by Gasteiger charge is -2.35. The summed E-state index contributed by atoms with van der Waals surface area (Å²) in [5, 5.41) is 3.27. The second kappa shape index (κ2) is 7.17. The van der Waals surface area contributed by atoms with Crippen LogP contribution in [0.3, 0.4) is 0 Å². The van der Waals surface area contributed by atoms with Gasteiger partial charge in [0.15, 0.2) is 11.6 Å². The number of piperazine rings is 1. The third-order valence-corrected chi connectivity index (χ3v) is 3.64. The molecule has 0 amide bonds. The van der Waals surface area contributed by atoms with Crippen LogP contribution in [0.4, 0.5) is 8.78 Å². The van der Waals surface area contributed by atoms with Crippen molar-refractivity contribution < 1.29 is 8.78 Å². The van der Waals surface area contributed by atoms with Crippen LogP contribution in [0.2, 0.25) is 0 Å². The van der Waals surface area contributed by atoms with Crippen molar-refractivity contribution in [1.82, 2.24) is 10.2 Å². The number of nitrogens with zero attached hydrogens (tertiary/aromatic N) is 1. The summed E-state index contributed by atoms with van der Waals surface area (Å²) in [6.45, 7) is 7.19. The minimum absolute atomic E-state index is 0. The number of hydrogen-bond acceptors (Lipinski definition) is 2. The molecule has 0 aromatic heterocycles. The van der Waals surface area contributed by atoms with E-state index in [1.807, 2.05) is 6.92 Å². The van der Waals surface area contributed by atoms with Gasteiger partial charge in [0.05, 0.1) is 0 Å². The Kier molecular flexibility index (Phi) is 6.17. The first-order valence-electron chi connectivity index (χ1n) is 6.54. The third-order valence-electron chi connectivity index (χ3n) is 3.64. The van der Waals surface area contributed by atoms with Crippen LogP contribution in [0.1, 0.15) is 30.5 Å². The molecule has 0 bridgehead atoms. The lowest BCUT2D eigenvalue weighted by Crippen LogP contribution is -2.45. The molecule has 0 saturated carbocycles. The van der Waals surface area contributed by atoms with Crippen molar-refractivity contribution in [2.75, 3.05) is 26.2 Å². The van der Waals surface area contributed by atoms with E-state index in [-0.39, 0.29) is 18.4 Å². The highest BCUT2D eigenvalue weighted by Crippen LogP contribution is 2.28. The van der Waals surface area contributed by atoms with E-state index >= 15 is 0 Å². The molecule has 1 heterocycles. The SMILES string of the molecule is CC[C@@H](c1ccc(C)c(F)c1F)N1CCNCC1.Cl. The maximum absolute atomic E-state index is 14.0. The molecular weight excluding hydrogens is 270 g/mol. The molecular formula is C14H21ClF2N2. The highest BCUT2D eigenvalue weighted by molar-refractivity contribution is 5.85.